The first-order valence-corrected chi connectivity index (χ1v) is 6.19. The van der Waals surface area contributed by atoms with Gasteiger partial charge >= 0.3 is 0 Å². The molecular formula is C14H22N2. The smallest absolute Gasteiger partial charge is 0.0372 e. The minimum Gasteiger partial charge on any atom is -0.324 e. The molecule has 0 aromatic carbocycles. The summed E-state index contributed by atoms with van der Waals surface area (Å²) in [5, 5.41) is 0. The summed E-state index contributed by atoms with van der Waals surface area (Å²) >= 11 is 0. The Morgan fingerprint density at radius 1 is 1.44 bits per heavy atom. The van der Waals surface area contributed by atoms with Gasteiger partial charge < -0.3 is 5.73 Å². The van der Waals surface area contributed by atoms with Crippen molar-refractivity contribution >= 4 is 0 Å². The van der Waals surface area contributed by atoms with E-state index in [1.807, 2.05) is 13.1 Å². The number of rotatable bonds is 2. The Morgan fingerprint density at radius 2 is 2.19 bits per heavy atom. The van der Waals surface area contributed by atoms with Gasteiger partial charge in [-0.05, 0) is 42.7 Å². The Kier molecular flexibility index (Phi) is 3.02. The van der Waals surface area contributed by atoms with Crippen molar-refractivity contribution in [3.8, 4) is 0 Å². The van der Waals surface area contributed by atoms with Crippen LogP contribution in [0, 0.1) is 18.3 Å². The molecule has 0 saturated heterocycles. The zero-order valence-electron chi connectivity index (χ0n) is 10.5. The summed E-state index contributed by atoms with van der Waals surface area (Å²) in [7, 11) is 0. The van der Waals surface area contributed by atoms with Crippen molar-refractivity contribution in [1.29, 1.82) is 0 Å². The van der Waals surface area contributed by atoms with Gasteiger partial charge in [-0.25, -0.2) is 0 Å². The lowest BCUT2D eigenvalue weighted by atomic mass is 9.76. The van der Waals surface area contributed by atoms with Crippen LogP contribution in [0.5, 0.6) is 0 Å². The second-order valence-corrected chi connectivity index (χ2v) is 5.75. The van der Waals surface area contributed by atoms with Crippen LogP contribution in [0.15, 0.2) is 18.3 Å². The average Bonchev–Trinajstić information content (AvgIpc) is 2.58. The van der Waals surface area contributed by atoms with Gasteiger partial charge in [-0.3, -0.25) is 4.98 Å². The number of nitrogens with two attached hydrogens (primary N) is 1. The van der Waals surface area contributed by atoms with Gasteiger partial charge in [-0.1, -0.05) is 26.3 Å². The molecule has 1 aliphatic carbocycles. The highest BCUT2D eigenvalue weighted by Crippen LogP contribution is 2.47. The van der Waals surface area contributed by atoms with Gasteiger partial charge in [0.25, 0.3) is 0 Å². The predicted octanol–water partition coefficient (Wildman–Crippen LogP) is 3.22. The van der Waals surface area contributed by atoms with E-state index in [4.69, 9.17) is 5.73 Å². The van der Waals surface area contributed by atoms with Crippen LogP contribution in [0.4, 0.5) is 0 Å². The van der Waals surface area contributed by atoms with E-state index >= 15 is 0 Å². The Labute approximate surface area is 98.3 Å². The van der Waals surface area contributed by atoms with E-state index in [0.717, 1.165) is 5.69 Å². The molecule has 2 rings (SSSR count). The number of pyridine rings is 1. The van der Waals surface area contributed by atoms with Crippen LogP contribution in [-0.2, 0) is 0 Å². The van der Waals surface area contributed by atoms with E-state index in [2.05, 4.69) is 31.0 Å². The largest absolute Gasteiger partial charge is 0.324 e. The highest BCUT2D eigenvalue weighted by atomic mass is 14.7. The topological polar surface area (TPSA) is 38.9 Å². The van der Waals surface area contributed by atoms with E-state index in [1.165, 1.54) is 24.8 Å². The number of nitrogens with zero attached hydrogens (tertiary/aromatic N) is 1. The lowest BCUT2D eigenvalue weighted by molar-refractivity contribution is 0.222. The van der Waals surface area contributed by atoms with Crippen molar-refractivity contribution in [3.05, 3.63) is 29.6 Å². The molecule has 1 heterocycles. The minimum absolute atomic E-state index is 0.144. The Hall–Kier alpha value is -0.890. The molecule has 1 aliphatic rings. The summed E-state index contributed by atoms with van der Waals surface area (Å²) in [5.41, 5.74) is 9.01. The quantitative estimate of drug-likeness (QED) is 0.827. The van der Waals surface area contributed by atoms with E-state index < -0.39 is 0 Å². The first-order valence-electron chi connectivity index (χ1n) is 6.19. The Bertz CT molecular complexity index is 354. The molecule has 1 fully saturated rings. The highest BCUT2D eigenvalue weighted by Gasteiger charge is 2.38. The fourth-order valence-electron chi connectivity index (χ4n) is 2.93. The number of hydrogen-bond acceptors (Lipinski definition) is 2. The predicted molar refractivity (Wildman–Crippen MR) is 67.0 cm³/mol. The third-order valence-electron chi connectivity index (χ3n) is 4.09. The molecule has 88 valence electrons. The molecular weight excluding hydrogens is 196 g/mol. The van der Waals surface area contributed by atoms with Crippen LogP contribution in [0.3, 0.4) is 0 Å². The second-order valence-electron chi connectivity index (χ2n) is 5.75. The molecule has 1 aromatic rings. The summed E-state index contributed by atoms with van der Waals surface area (Å²) in [6, 6.07) is 4.32. The maximum Gasteiger partial charge on any atom is 0.0372 e. The Morgan fingerprint density at radius 3 is 2.69 bits per heavy atom. The van der Waals surface area contributed by atoms with E-state index in [0.29, 0.717) is 11.3 Å². The molecule has 0 radical (unpaired) electrons. The lowest BCUT2D eigenvalue weighted by Crippen LogP contribution is -2.29. The van der Waals surface area contributed by atoms with E-state index in [-0.39, 0.29) is 6.04 Å². The Balaban J connectivity index is 2.18. The third-order valence-corrected chi connectivity index (χ3v) is 4.09. The van der Waals surface area contributed by atoms with Gasteiger partial charge in [-0.15, -0.1) is 0 Å². The summed E-state index contributed by atoms with van der Waals surface area (Å²) in [4.78, 5) is 4.34. The van der Waals surface area contributed by atoms with Crippen molar-refractivity contribution < 1.29 is 0 Å². The van der Waals surface area contributed by atoms with Crippen LogP contribution in [0.25, 0.3) is 0 Å². The van der Waals surface area contributed by atoms with E-state index in [9.17, 15) is 0 Å². The highest BCUT2D eigenvalue weighted by molar-refractivity contribution is 5.18. The first kappa shape index (κ1) is 11.6. The van der Waals surface area contributed by atoms with Gasteiger partial charge in [0.05, 0.1) is 0 Å². The molecule has 2 heteroatoms. The molecule has 2 nitrogen and oxygen atoms in total. The molecule has 1 saturated carbocycles. The van der Waals surface area contributed by atoms with Crippen molar-refractivity contribution in [2.24, 2.45) is 17.1 Å². The van der Waals surface area contributed by atoms with Crippen LogP contribution in [0.1, 0.15) is 50.4 Å². The van der Waals surface area contributed by atoms with Gasteiger partial charge in [0.1, 0.15) is 0 Å². The molecule has 2 N–H and O–H groups in total. The number of aromatic nitrogens is 1. The van der Waals surface area contributed by atoms with Crippen LogP contribution in [-0.4, -0.2) is 4.98 Å². The number of aryl methyl sites for hydroxylation is 1. The fourth-order valence-corrected chi connectivity index (χ4v) is 2.93. The maximum absolute atomic E-state index is 6.39. The molecule has 0 aliphatic heterocycles. The van der Waals surface area contributed by atoms with Gasteiger partial charge in [0.2, 0.25) is 0 Å². The van der Waals surface area contributed by atoms with Crippen LogP contribution >= 0.6 is 0 Å². The first-order chi connectivity index (χ1) is 7.50. The van der Waals surface area contributed by atoms with Crippen molar-refractivity contribution in [1.82, 2.24) is 4.98 Å². The SMILES string of the molecule is Cc1ccc(C(N)C2CCCC2(C)C)cn1. The van der Waals surface area contributed by atoms with Gasteiger partial charge in [0, 0.05) is 17.9 Å². The van der Waals surface area contributed by atoms with Crippen LogP contribution in [0.2, 0.25) is 0 Å². The molecule has 2 atom stereocenters. The van der Waals surface area contributed by atoms with Gasteiger partial charge in [-0.2, -0.15) is 0 Å². The zero-order valence-corrected chi connectivity index (χ0v) is 10.5. The maximum atomic E-state index is 6.39. The van der Waals surface area contributed by atoms with Crippen molar-refractivity contribution in [3.63, 3.8) is 0 Å². The number of hydrogen-bond donors (Lipinski definition) is 1. The normalized spacial score (nSPS) is 25.6. The van der Waals surface area contributed by atoms with Crippen molar-refractivity contribution in [2.45, 2.75) is 46.1 Å². The summed E-state index contributed by atoms with van der Waals surface area (Å²) in [6.07, 6.45) is 5.80. The molecule has 2 unspecified atom stereocenters. The minimum atomic E-state index is 0.144. The average molecular weight is 218 g/mol. The lowest BCUT2D eigenvalue weighted by Gasteiger charge is -2.32. The molecule has 16 heavy (non-hydrogen) atoms. The molecule has 1 aromatic heterocycles. The van der Waals surface area contributed by atoms with Crippen LogP contribution < -0.4 is 5.73 Å². The fraction of sp³-hybridized carbons (Fsp3) is 0.643. The summed E-state index contributed by atoms with van der Waals surface area (Å²) < 4.78 is 0. The summed E-state index contributed by atoms with van der Waals surface area (Å²) in [5.74, 6) is 0.594. The van der Waals surface area contributed by atoms with E-state index in [1.54, 1.807) is 0 Å². The molecule has 0 bridgehead atoms. The monoisotopic (exact) mass is 218 g/mol. The van der Waals surface area contributed by atoms with Gasteiger partial charge in [0.15, 0.2) is 0 Å². The van der Waals surface area contributed by atoms with Crippen molar-refractivity contribution in [2.75, 3.05) is 0 Å². The zero-order chi connectivity index (χ0) is 11.8. The standard InChI is InChI=1S/C14H22N2/c1-10-6-7-11(9-16-10)13(15)12-5-4-8-14(12,2)3/h6-7,9,12-13H,4-5,8,15H2,1-3H3. The molecule has 0 spiro atoms. The molecule has 0 amide bonds. The second kappa shape index (κ2) is 4.17. The summed E-state index contributed by atoms with van der Waals surface area (Å²) in [6.45, 7) is 6.69. The third kappa shape index (κ3) is 2.12.